The van der Waals surface area contributed by atoms with E-state index in [4.69, 9.17) is 18.9 Å². The van der Waals surface area contributed by atoms with Gasteiger partial charge in [-0.05, 0) is 29.7 Å². The summed E-state index contributed by atoms with van der Waals surface area (Å²) < 4.78 is 22.9. The molecule has 2 bridgehead atoms. The van der Waals surface area contributed by atoms with E-state index >= 15 is 0 Å². The first-order valence-corrected chi connectivity index (χ1v) is 9.62. The molecule has 3 aliphatic heterocycles. The Balaban J connectivity index is 1.64. The van der Waals surface area contributed by atoms with Gasteiger partial charge in [-0.2, -0.15) is 0 Å². The molecule has 27 heavy (non-hydrogen) atoms. The van der Waals surface area contributed by atoms with Gasteiger partial charge in [0, 0.05) is 26.2 Å². The fourth-order valence-corrected chi connectivity index (χ4v) is 5.08. The number of esters is 1. The number of methoxy groups -OCH3 is 1. The summed E-state index contributed by atoms with van der Waals surface area (Å²) in [7, 11) is 1.75. The lowest BCUT2D eigenvalue weighted by Crippen LogP contribution is -2.53. The molecule has 1 unspecified atom stereocenters. The van der Waals surface area contributed by atoms with Crippen molar-refractivity contribution < 1.29 is 23.7 Å². The van der Waals surface area contributed by atoms with Crippen LogP contribution in [0.1, 0.15) is 31.4 Å². The Hall–Kier alpha value is -2.05. The van der Waals surface area contributed by atoms with Crippen molar-refractivity contribution in [2.24, 2.45) is 5.92 Å². The van der Waals surface area contributed by atoms with Gasteiger partial charge in [-0.15, -0.1) is 0 Å². The van der Waals surface area contributed by atoms with E-state index in [0.29, 0.717) is 0 Å². The molecule has 6 nitrogen and oxygen atoms in total. The van der Waals surface area contributed by atoms with E-state index in [2.05, 4.69) is 29.2 Å². The fourth-order valence-electron chi connectivity index (χ4n) is 5.08. The molecule has 144 valence electrons. The Bertz CT molecular complexity index is 819. The zero-order chi connectivity index (χ0) is 18.8. The van der Waals surface area contributed by atoms with E-state index in [1.54, 1.807) is 7.11 Å². The van der Waals surface area contributed by atoms with Gasteiger partial charge in [0.05, 0.1) is 17.4 Å². The summed E-state index contributed by atoms with van der Waals surface area (Å²) in [5.41, 5.74) is 2.05. The minimum atomic E-state index is -0.367. The van der Waals surface area contributed by atoms with Crippen LogP contribution in [0.5, 0.6) is 11.5 Å². The van der Waals surface area contributed by atoms with Gasteiger partial charge < -0.3 is 18.9 Å². The van der Waals surface area contributed by atoms with Crippen LogP contribution in [0.25, 0.3) is 0 Å². The number of hydrogen-bond donors (Lipinski definition) is 0. The van der Waals surface area contributed by atoms with E-state index in [0.717, 1.165) is 31.0 Å². The topological polar surface area (TPSA) is 57.2 Å². The second kappa shape index (κ2) is 5.97. The third kappa shape index (κ3) is 2.36. The van der Waals surface area contributed by atoms with Crippen molar-refractivity contribution in [3.8, 4) is 11.5 Å². The van der Waals surface area contributed by atoms with Crippen molar-refractivity contribution in [2.45, 2.75) is 50.5 Å². The lowest BCUT2D eigenvalue weighted by atomic mass is 9.65. The van der Waals surface area contributed by atoms with Crippen molar-refractivity contribution in [1.29, 1.82) is 0 Å². The van der Waals surface area contributed by atoms with Crippen LogP contribution in [0.15, 0.2) is 24.3 Å². The Morgan fingerprint density at radius 2 is 2.07 bits per heavy atom. The molecule has 0 radical (unpaired) electrons. The average molecular weight is 371 g/mol. The number of ether oxygens (including phenoxy) is 4. The van der Waals surface area contributed by atoms with Crippen LogP contribution in [-0.2, 0) is 26.2 Å². The van der Waals surface area contributed by atoms with Crippen LogP contribution < -0.4 is 9.47 Å². The number of carbonyl (C=O) groups excluding carboxylic acids is 1. The van der Waals surface area contributed by atoms with E-state index < -0.39 is 0 Å². The quantitative estimate of drug-likeness (QED) is 0.601. The summed E-state index contributed by atoms with van der Waals surface area (Å²) in [6, 6.07) is 4.43. The minimum absolute atomic E-state index is 0.0840. The fraction of sp³-hybridized carbons (Fsp3) is 0.571. The summed E-state index contributed by atoms with van der Waals surface area (Å²) in [6.45, 7) is 5.56. The molecule has 0 saturated carbocycles. The van der Waals surface area contributed by atoms with Crippen molar-refractivity contribution in [3.05, 3.63) is 35.4 Å². The first-order valence-electron chi connectivity index (χ1n) is 9.62. The minimum Gasteiger partial charge on any atom is -0.459 e. The van der Waals surface area contributed by atoms with Crippen LogP contribution in [0.2, 0.25) is 0 Å². The van der Waals surface area contributed by atoms with Gasteiger partial charge in [0.1, 0.15) is 6.10 Å². The molecular weight excluding hydrogens is 346 g/mol. The highest BCUT2D eigenvalue weighted by Gasteiger charge is 2.60. The molecule has 0 aromatic heterocycles. The molecule has 1 fully saturated rings. The first-order chi connectivity index (χ1) is 13.0. The highest BCUT2D eigenvalue weighted by atomic mass is 16.7. The van der Waals surface area contributed by atoms with Crippen LogP contribution in [0.3, 0.4) is 0 Å². The number of fused-ring (bicyclic) bond motifs is 2. The van der Waals surface area contributed by atoms with Gasteiger partial charge in [-0.3, -0.25) is 9.69 Å². The van der Waals surface area contributed by atoms with Gasteiger partial charge in [-0.25, -0.2) is 0 Å². The maximum absolute atomic E-state index is 12.4. The van der Waals surface area contributed by atoms with Crippen molar-refractivity contribution in [3.63, 3.8) is 0 Å². The van der Waals surface area contributed by atoms with E-state index in [-0.39, 0.29) is 42.3 Å². The summed E-state index contributed by atoms with van der Waals surface area (Å²) in [5, 5.41) is 0. The van der Waals surface area contributed by atoms with Gasteiger partial charge in [0.25, 0.3) is 0 Å². The smallest absolute Gasteiger partial charge is 0.308 e. The van der Waals surface area contributed by atoms with Crippen molar-refractivity contribution in [2.75, 3.05) is 20.4 Å². The molecule has 5 atom stereocenters. The standard InChI is InChI=1S/C21H25NO5/c1-12(2)20(23)27-19-10-22-9-13-6-16-17(26-11-25-16)8-15(13)21(19)5-4-14(24-3)7-18(21)22/h4-6,8,12,14,18-19H,7,9-11H2,1-3H3/t14-,18+,19-,21+/m1/s1. The van der Waals surface area contributed by atoms with Crippen LogP contribution in [-0.4, -0.2) is 49.6 Å². The molecule has 1 saturated heterocycles. The average Bonchev–Trinajstić information content (AvgIpc) is 3.20. The summed E-state index contributed by atoms with van der Waals surface area (Å²) >= 11 is 0. The Morgan fingerprint density at radius 3 is 2.81 bits per heavy atom. The van der Waals surface area contributed by atoms with Crippen LogP contribution in [0, 0.1) is 5.92 Å². The lowest BCUT2D eigenvalue weighted by molar-refractivity contribution is -0.154. The monoisotopic (exact) mass is 371 g/mol. The predicted octanol–water partition coefficient (Wildman–Crippen LogP) is 2.39. The molecule has 4 aliphatic rings. The SMILES string of the molecule is CO[C@@H]1C=C[C@@]23c4cc5c(cc4CN(C[C@H]2OC(=O)C(C)C)[C@H]3C1)OCO5. The molecule has 0 spiro atoms. The Kier molecular flexibility index (Phi) is 3.78. The Morgan fingerprint density at radius 1 is 1.30 bits per heavy atom. The van der Waals surface area contributed by atoms with Gasteiger partial charge >= 0.3 is 5.97 Å². The third-order valence-electron chi connectivity index (χ3n) is 6.44. The molecule has 0 amide bonds. The first kappa shape index (κ1) is 17.1. The Labute approximate surface area is 159 Å². The second-order valence-corrected chi connectivity index (χ2v) is 8.19. The largest absolute Gasteiger partial charge is 0.459 e. The van der Waals surface area contributed by atoms with Gasteiger partial charge in [0.15, 0.2) is 11.5 Å². The normalized spacial score (nSPS) is 35.1. The lowest BCUT2D eigenvalue weighted by Gasteiger charge is -2.46. The molecule has 1 aliphatic carbocycles. The molecule has 0 N–H and O–H groups in total. The van der Waals surface area contributed by atoms with Gasteiger partial charge in [0.2, 0.25) is 6.79 Å². The zero-order valence-electron chi connectivity index (χ0n) is 15.9. The highest BCUT2D eigenvalue weighted by Crippen LogP contribution is 2.54. The van der Waals surface area contributed by atoms with E-state index in [9.17, 15) is 4.79 Å². The van der Waals surface area contributed by atoms with Gasteiger partial charge in [-0.1, -0.05) is 26.0 Å². The molecule has 5 rings (SSSR count). The maximum atomic E-state index is 12.4. The second-order valence-electron chi connectivity index (χ2n) is 8.19. The summed E-state index contributed by atoms with van der Waals surface area (Å²) in [6.07, 6.45) is 5.09. The molecule has 1 aromatic carbocycles. The van der Waals surface area contributed by atoms with Crippen molar-refractivity contribution >= 4 is 5.97 Å². The van der Waals surface area contributed by atoms with E-state index in [1.165, 1.54) is 11.1 Å². The maximum Gasteiger partial charge on any atom is 0.308 e. The van der Waals surface area contributed by atoms with Crippen molar-refractivity contribution in [1.82, 2.24) is 4.90 Å². The number of nitrogens with zero attached hydrogens (tertiary/aromatic N) is 1. The van der Waals surface area contributed by atoms with E-state index in [1.807, 2.05) is 13.8 Å². The number of carbonyl (C=O) groups is 1. The number of benzene rings is 1. The molecular formula is C21H25NO5. The molecule has 1 aromatic rings. The molecule has 6 heteroatoms. The number of hydrogen-bond acceptors (Lipinski definition) is 6. The summed E-state index contributed by atoms with van der Waals surface area (Å²) in [5.74, 6) is 1.28. The third-order valence-corrected chi connectivity index (χ3v) is 6.44. The predicted molar refractivity (Wildman–Crippen MR) is 97.7 cm³/mol. The number of rotatable bonds is 3. The highest BCUT2D eigenvalue weighted by molar-refractivity contribution is 5.72. The molecule has 3 heterocycles. The van der Waals surface area contributed by atoms with Crippen LogP contribution in [0.4, 0.5) is 0 Å². The summed E-state index contributed by atoms with van der Waals surface area (Å²) in [4.78, 5) is 14.9. The van der Waals surface area contributed by atoms with Crippen LogP contribution >= 0.6 is 0 Å². The zero-order valence-corrected chi connectivity index (χ0v) is 15.9.